The van der Waals surface area contributed by atoms with E-state index in [1.165, 1.54) is 0 Å². The lowest BCUT2D eigenvalue weighted by Gasteiger charge is -2.07. The van der Waals surface area contributed by atoms with E-state index in [4.69, 9.17) is 9.47 Å². The Morgan fingerprint density at radius 3 is 2.55 bits per heavy atom. The highest BCUT2D eigenvalue weighted by Gasteiger charge is 2.18. The Morgan fingerprint density at radius 2 is 1.79 bits per heavy atom. The fraction of sp³-hybridized carbons (Fsp3) is 0.174. The molecule has 2 heterocycles. The van der Waals surface area contributed by atoms with Gasteiger partial charge in [0.05, 0.1) is 23.9 Å². The maximum atomic E-state index is 12.5. The summed E-state index contributed by atoms with van der Waals surface area (Å²) in [6.45, 7) is 4.07. The lowest BCUT2D eigenvalue weighted by molar-refractivity contribution is 0.0471. The summed E-state index contributed by atoms with van der Waals surface area (Å²) in [4.78, 5) is 32.3. The number of nitrogens with zero attached hydrogens (tertiary/aromatic N) is 1. The number of aromatic nitrogens is 2. The second-order valence-corrected chi connectivity index (χ2v) is 6.69. The number of H-pyrrole nitrogens is 1. The third-order valence-electron chi connectivity index (χ3n) is 4.80. The Bertz CT molecular complexity index is 1210. The quantitative estimate of drug-likeness (QED) is 0.507. The first-order chi connectivity index (χ1) is 14.1. The van der Waals surface area contributed by atoms with Crippen LogP contribution in [0.3, 0.4) is 0 Å². The summed E-state index contributed by atoms with van der Waals surface area (Å²) in [5.41, 5.74) is 4.00. The number of ether oxygens (including phenoxy) is 2. The van der Waals surface area contributed by atoms with Crippen molar-refractivity contribution in [2.45, 2.75) is 20.5 Å². The van der Waals surface area contributed by atoms with Crippen LogP contribution >= 0.6 is 0 Å². The summed E-state index contributed by atoms with van der Waals surface area (Å²) in [7, 11) is 0. The minimum Gasteiger partial charge on any atom is -0.461 e. The van der Waals surface area contributed by atoms with Crippen molar-refractivity contribution in [3.05, 3.63) is 77.1 Å². The maximum absolute atomic E-state index is 12.5. The van der Waals surface area contributed by atoms with Gasteiger partial charge in [0.15, 0.2) is 5.69 Å². The van der Waals surface area contributed by atoms with Crippen LogP contribution in [0.15, 0.2) is 54.7 Å². The van der Waals surface area contributed by atoms with Crippen LogP contribution in [0, 0.1) is 6.92 Å². The zero-order valence-electron chi connectivity index (χ0n) is 16.2. The molecule has 4 rings (SSSR count). The predicted molar refractivity (Wildman–Crippen MR) is 110 cm³/mol. The van der Waals surface area contributed by atoms with E-state index < -0.39 is 11.9 Å². The van der Waals surface area contributed by atoms with Crippen molar-refractivity contribution in [2.75, 3.05) is 6.61 Å². The van der Waals surface area contributed by atoms with E-state index in [0.29, 0.717) is 11.1 Å². The van der Waals surface area contributed by atoms with Crippen LogP contribution in [-0.4, -0.2) is 28.5 Å². The van der Waals surface area contributed by atoms with Crippen LogP contribution in [0.1, 0.15) is 38.9 Å². The van der Waals surface area contributed by atoms with Gasteiger partial charge < -0.3 is 14.5 Å². The van der Waals surface area contributed by atoms with Gasteiger partial charge in [0.2, 0.25) is 0 Å². The monoisotopic (exact) mass is 388 g/mol. The fourth-order valence-corrected chi connectivity index (χ4v) is 3.40. The molecule has 0 aliphatic carbocycles. The molecule has 0 spiro atoms. The second kappa shape index (κ2) is 7.75. The highest BCUT2D eigenvalue weighted by atomic mass is 16.5. The van der Waals surface area contributed by atoms with Crippen LogP contribution in [0.25, 0.3) is 21.8 Å². The van der Waals surface area contributed by atoms with Gasteiger partial charge in [0.1, 0.15) is 6.61 Å². The molecule has 146 valence electrons. The lowest BCUT2D eigenvalue weighted by Crippen LogP contribution is -2.09. The molecule has 2 aromatic heterocycles. The molecule has 0 aliphatic heterocycles. The molecule has 0 radical (unpaired) electrons. The molecular formula is C23H20N2O4. The molecule has 0 saturated carbocycles. The SMILES string of the molecule is CCOC(=O)c1ncc2[nH]c3ccc(C(=O)OCc4ccccc4)cc3c2c1C. The zero-order valence-corrected chi connectivity index (χ0v) is 16.2. The highest BCUT2D eigenvalue weighted by Crippen LogP contribution is 2.30. The number of rotatable bonds is 5. The van der Waals surface area contributed by atoms with E-state index in [2.05, 4.69) is 9.97 Å². The number of carbonyl (C=O) groups is 2. The third kappa shape index (κ3) is 3.57. The summed E-state index contributed by atoms with van der Waals surface area (Å²) in [5.74, 6) is -0.859. The van der Waals surface area contributed by atoms with Gasteiger partial charge in [0, 0.05) is 16.3 Å². The molecule has 29 heavy (non-hydrogen) atoms. The number of nitrogens with one attached hydrogen (secondary N) is 1. The molecule has 0 unspecified atom stereocenters. The number of hydrogen-bond acceptors (Lipinski definition) is 5. The summed E-state index contributed by atoms with van der Waals surface area (Å²) < 4.78 is 10.5. The molecule has 6 heteroatoms. The van der Waals surface area contributed by atoms with E-state index in [-0.39, 0.29) is 18.9 Å². The average Bonchev–Trinajstić information content (AvgIpc) is 3.11. The molecule has 4 aromatic rings. The van der Waals surface area contributed by atoms with E-state index in [9.17, 15) is 9.59 Å². The van der Waals surface area contributed by atoms with E-state index >= 15 is 0 Å². The second-order valence-electron chi connectivity index (χ2n) is 6.69. The van der Waals surface area contributed by atoms with Crippen molar-refractivity contribution in [3.63, 3.8) is 0 Å². The molecule has 1 N–H and O–H groups in total. The fourth-order valence-electron chi connectivity index (χ4n) is 3.40. The number of benzene rings is 2. The van der Waals surface area contributed by atoms with Crippen molar-refractivity contribution in [2.24, 2.45) is 0 Å². The topological polar surface area (TPSA) is 81.3 Å². The Kier molecular flexibility index (Phi) is 4.99. The van der Waals surface area contributed by atoms with Gasteiger partial charge in [0.25, 0.3) is 0 Å². The van der Waals surface area contributed by atoms with Crippen LogP contribution in [-0.2, 0) is 16.1 Å². The van der Waals surface area contributed by atoms with Crippen LogP contribution in [0.2, 0.25) is 0 Å². The average molecular weight is 388 g/mol. The zero-order chi connectivity index (χ0) is 20.4. The minimum atomic E-state index is -0.459. The number of carbonyl (C=O) groups excluding carboxylic acids is 2. The maximum Gasteiger partial charge on any atom is 0.357 e. The minimum absolute atomic E-state index is 0.210. The molecule has 0 atom stereocenters. The Labute approximate surface area is 167 Å². The van der Waals surface area contributed by atoms with Gasteiger partial charge in [-0.25, -0.2) is 14.6 Å². The first kappa shape index (κ1) is 18.7. The number of aromatic amines is 1. The molecular weight excluding hydrogens is 368 g/mol. The van der Waals surface area contributed by atoms with Crippen molar-refractivity contribution in [1.82, 2.24) is 9.97 Å². The van der Waals surface area contributed by atoms with Gasteiger partial charge in [-0.1, -0.05) is 30.3 Å². The first-order valence-electron chi connectivity index (χ1n) is 9.37. The number of fused-ring (bicyclic) bond motifs is 3. The summed E-state index contributed by atoms with van der Waals surface area (Å²) >= 11 is 0. The molecule has 2 aromatic carbocycles. The largest absolute Gasteiger partial charge is 0.461 e. The Hall–Kier alpha value is -3.67. The molecule has 0 amide bonds. The molecule has 0 fully saturated rings. The third-order valence-corrected chi connectivity index (χ3v) is 4.80. The first-order valence-corrected chi connectivity index (χ1v) is 9.37. The summed E-state index contributed by atoms with van der Waals surface area (Å²) in [5, 5.41) is 1.68. The Morgan fingerprint density at radius 1 is 1.00 bits per heavy atom. The normalized spacial score (nSPS) is 11.0. The Balaban J connectivity index is 1.70. The number of aryl methyl sites for hydroxylation is 1. The molecule has 0 bridgehead atoms. The highest BCUT2D eigenvalue weighted by molar-refractivity contribution is 6.12. The van der Waals surface area contributed by atoms with E-state index in [1.807, 2.05) is 43.3 Å². The van der Waals surface area contributed by atoms with Crippen molar-refractivity contribution in [3.8, 4) is 0 Å². The van der Waals surface area contributed by atoms with Gasteiger partial charge in [-0.2, -0.15) is 0 Å². The van der Waals surface area contributed by atoms with Crippen LogP contribution in [0.5, 0.6) is 0 Å². The number of pyridine rings is 1. The summed E-state index contributed by atoms with van der Waals surface area (Å²) in [6.07, 6.45) is 1.61. The van der Waals surface area contributed by atoms with Gasteiger partial charge in [-0.15, -0.1) is 0 Å². The van der Waals surface area contributed by atoms with Gasteiger partial charge in [-0.05, 0) is 43.2 Å². The van der Waals surface area contributed by atoms with Gasteiger partial charge >= 0.3 is 11.9 Å². The molecule has 0 aliphatic rings. The summed E-state index contributed by atoms with van der Waals surface area (Å²) in [6, 6.07) is 14.9. The smallest absolute Gasteiger partial charge is 0.357 e. The van der Waals surface area contributed by atoms with E-state index in [0.717, 1.165) is 27.4 Å². The van der Waals surface area contributed by atoms with Crippen LogP contribution < -0.4 is 0 Å². The number of hydrogen-bond donors (Lipinski definition) is 1. The van der Waals surface area contributed by atoms with Crippen molar-refractivity contribution < 1.29 is 19.1 Å². The molecule has 0 saturated heterocycles. The van der Waals surface area contributed by atoms with Crippen LogP contribution in [0.4, 0.5) is 0 Å². The van der Waals surface area contributed by atoms with Crippen molar-refractivity contribution in [1.29, 1.82) is 0 Å². The standard InChI is InChI=1S/C23H20N2O4/c1-3-28-23(27)21-14(2)20-17-11-16(9-10-18(17)25-19(20)12-24-21)22(26)29-13-15-7-5-4-6-8-15/h4-12,25H,3,13H2,1-2H3. The van der Waals surface area contributed by atoms with E-state index in [1.54, 1.807) is 25.3 Å². The predicted octanol–water partition coefficient (Wildman–Crippen LogP) is 4.56. The lowest BCUT2D eigenvalue weighted by atomic mass is 10.0. The van der Waals surface area contributed by atoms with Gasteiger partial charge in [-0.3, -0.25) is 0 Å². The number of esters is 2. The van der Waals surface area contributed by atoms with Crippen molar-refractivity contribution >= 4 is 33.7 Å². The molecule has 6 nitrogen and oxygen atoms in total.